The maximum Gasteiger partial charge on any atom is 0.271 e. The van der Waals surface area contributed by atoms with Gasteiger partial charge in [-0.1, -0.05) is 0 Å². The molecule has 0 aliphatic carbocycles. The van der Waals surface area contributed by atoms with E-state index in [1.807, 2.05) is 0 Å². The minimum Gasteiger partial charge on any atom is -0.495 e. The highest BCUT2D eigenvalue weighted by molar-refractivity contribution is 5.92. The number of nitro benzene ring substituents is 1. The Hall–Kier alpha value is -4.08. The second-order valence-electron chi connectivity index (χ2n) is 5.65. The van der Waals surface area contributed by atoms with Crippen molar-refractivity contribution in [3.63, 3.8) is 0 Å². The molecule has 0 bridgehead atoms. The SMILES string of the molecule is COc1ccc([N+](=O)[O-])cc1NC(=O)Cn1nc(-c2cccnc2)ccc1=O. The fraction of sp³-hybridized carbons (Fsp3) is 0.111. The van der Waals surface area contributed by atoms with Crippen LogP contribution in [-0.2, 0) is 11.3 Å². The van der Waals surface area contributed by atoms with Gasteiger partial charge in [0.15, 0.2) is 0 Å². The van der Waals surface area contributed by atoms with E-state index in [1.54, 1.807) is 24.5 Å². The maximum absolute atomic E-state index is 12.4. The van der Waals surface area contributed by atoms with E-state index in [0.29, 0.717) is 11.3 Å². The van der Waals surface area contributed by atoms with E-state index in [0.717, 1.165) is 4.68 Å². The lowest BCUT2D eigenvalue weighted by atomic mass is 10.2. The Bertz CT molecular complexity index is 1080. The number of pyridine rings is 1. The Morgan fingerprint density at radius 1 is 1.29 bits per heavy atom. The highest BCUT2D eigenvalue weighted by atomic mass is 16.6. The van der Waals surface area contributed by atoms with Crippen LogP contribution in [0.25, 0.3) is 11.3 Å². The smallest absolute Gasteiger partial charge is 0.271 e. The lowest BCUT2D eigenvalue weighted by Gasteiger charge is -2.11. The third-order valence-electron chi connectivity index (χ3n) is 3.79. The van der Waals surface area contributed by atoms with Crippen LogP contribution in [0.15, 0.2) is 59.7 Å². The summed E-state index contributed by atoms with van der Waals surface area (Å²) in [7, 11) is 1.38. The molecule has 10 heteroatoms. The van der Waals surface area contributed by atoms with E-state index < -0.39 is 16.4 Å². The third-order valence-corrected chi connectivity index (χ3v) is 3.79. The van der Waals surface area contributed by atoms with E-state index in [1.165, 1.54) is 37.4 Å². The molecule has 0 fully saturated rings. The summed E-state index contributed by atoms with van der Waals surface area (Å²) in [6, 6.07) is 10.2. The molecule has 0 saturated carbocycles. The largest absolute Gasteiger partial charge is 0.495 e. The van der Waals surface area contributed by atoms with Gasteiger partial charge in [0, 0.05) is 36.2 Å². The Kier molecular flexibility index (Phi) is 5.40. The molecule has 0 saturated heterocycles. The Balaban J connectivity index is 1.83. The van der Waals surface area contributed by atoms with E-state index in [9.17, 15) is 19.7 Å². The van der Waals surface area contributed by atoms with Gasteiger partial charge in [0.1, 0.15) is 12.3 Å². The van der Waals surface area contributed by atoms with Crippen molar-refractivity contribution in [2.75, 3.05) is 12.4 Å². The van der Waals surface area contributed by atoms with E-state index >= 15 is 0 Å². The Labute approximate surface area is 158 Å². The number of nitrogens with zero attached hydrogens (tertiary/aromatic N) is 4. The van der Waals surface area contributed by atoms with Gasteiger partial charge in [-0.15, -0.1) is 0 Å². The summed E-state index contributed by atoms with van der Waals surface area (Å²) >= 11 is 0. The second kappa shape index (κ2) is 8.08. The number of rotatable bonds is 6. The molecule has 3 rings (SSSR count). The molecular weight excluding hydrogens is 366 g/mol. The number of non-ortho nitro benzene ring substituents is 1. The second-order valence-corrected chi connectivity index (χ2v) is 5.65. The van der Waals surface area contributed by atoms with Crippen molar-refractivity contribution in [1.82, 2.24) is 14.8 Å². The molecule has 142 valence electrons. The van der Waals surface area contributed by atoms with Crippen molar-refractivity contribution in [3.05, 3.63) is 75.3 Å². The molecule has 0 unspecified atom stereocenters. The number of nitro groups is 1. The fourth-order valence-electron chi connectivity index (χ4n) is 2.46. The molecule has 2 heterocycles. The van der Waals surface area contributed by atoms with Crippen LogP contribution in [-0.4, -0.2) is 32.7 Å². The number of carbonyl (C=O) groups is 1. The normalized spacial score (nSPS) is 10.3. The van der Waals surface area contributed by atoms with Crippen LogP contribution in [0.4, 0.5) is 11.4 Å². The lowest BCUT2D eigenvalue weighted by Crippen LogP contribution is -2.29. The highest BCUT2D eigenvalue weighted by Gasteiger charge is 2.15. The molecule has 2 aromatic heterocycles. The average molecular weight is 381 g/mol. The van der Waals surface area contributed by atoms with Crippen molar-refractivity contribution in [2.45, 2.75) is 6.54 Å². The predicted octanol–water partition coefficient (Wildman–Crippen LogP) is 1.86. The van der Waals surface area contributed by atoms with E-state index in [4.69, 9.17) is 4.74 Å². The molecule has 1 amide bonds. The van der Waals surface area contributed by atoms with Gasteiger partial charge in [0.2, 0.25) is 5.91 Å². The minimum absolute atomic E-state index is 0.123. The summed E-state index contributed by atoms with van der Waals surface area (Å²) in [4.78, 5) is 38.8. The fourth-order valence-corrected chi connectivity index (χ4v) is 2.46. The van der Waals surface area contributed by atoms with Crippen LogP contribution in [0.1, 0.15) is 0 Å². The Morgan fingerprint density at radius 3 is 2.79 bits per heavy atom. The zero-order chi connectivity index (χ0) is 20.1. The minimum atomic E-state index is -0.586. The number of hydrogen-bond acceptors (Lipinski definition) is 7. The van der Waals surface area contributed by atoms with E-state index in [2.05, 4.69) is 15.4 Å². The summed E-state index contributed by atoms with van der Waals surface area (Å²) in [5, 5.41) is 17.6. The standard InChI is InChI=1S/C18H15N5O5/c1-28-16-6-4-13(23(26)27)9-15(16)20-17(24)11-22-18(25)7-5-14(21-22)12-3-2-8-19-10-12/h2-10H,11H2,1H3,(H,20,24). The van der Waals surface area contributed by atoms with Gasteiger partial charge in [-0.2, -0.15) is 5.10 Å². The number of aromatic nitrogens is 3. The first-order valence-corrected chi connectivity index (χ1v) is 8.09. The molecule has 1 aromatic carbocycles. The van der Waals surface area contributed by atoms with Crippen LogP contribution in [0.5, 0.6) is 5.75 Å². The van der Waals surface area contributed by atoms with Crippen LogP contribution in [0.3, 0.4) is 0 Å². The average Bonchev–Trinajstić information content (AvgIpc) is 2.70. The molecule has 0 radical (unpaired) electrons. The first kappa shape index (κ1) is 18.7. The molecule has 0 aliphatic heterocycles. The van der Waals surface area contributed by atoms with Gasteiger partial charge in [-0.25, -0.2) is 4.68 Å². The van der Waals surface area contributed by atoms with Crippen molar-refractivity contribution >= 4 is 17.3 Å². The molecule has 0 spiro atoms. The lowest BCUT2D eigenvalue weighted by molar-refractivity contribution is -0.384. The molecule has 0 aliphatic rings. The molecule has 28 heavy (non-hydrogen) atoms. The summed E-state index contributed by atoms with van der Waals surface area (Å²) in [6.45, 7) is -0.376. The third kappa shape index (κ3) is 4.18. The van der Waals surface area contributed by atoms with Gasteiger partial charge >= 0.3 is 0 Å². The first-order valence-electron chi connectivity index (χ1n) is 8.09. The van der Waals surface area contributed by atoms with Crippen molar-refractivity contribution in [3.8, 4) is 17.0 Å². The number of hydrogen-bond donors (Lipinski definition) is 1. The zero-order valence-corrected chi connectivity index (χ0v) is 14.7. The topological polar surface area (TPSA) is 129 Å². The summed E-state index contributed by atoms with van der Waals surface area (Å²) in [6.07, 6.45) is 3.20. The Morgan fingerprint density at radius 2 is 2.11 bits per heavy atom. The van der Waals surface area contributed by atoms with Crippen molar-refractivity contribution in [1.29, 1.82) is 0 Å². The van der Waals surface area contributed by atoms with Gasteiger partial charge < -0.3 is 10.1 Å². The highest BCUT2D eigenvalue weighted by Crippen LogP contribution is 2.28. The first-order chi connectivity index (χ1) is 13.5. The number of amides is 1. The van der Waals surface area contributed by atoms with Gasteiger partial charge in [-0.3, -0.25) is 24.7 Å². The number of carbonyl (C=O) groups excluding carboxylic acids is 1. The maximum atomic E-state index is 12.4. The molecule has 0 atom stereocenters. The number of nitrogens with one attached hydrogen (secondary N) is 1. The number of methoxy groups -OCH3 is 1. The molecule has 3 aromatic rings. The monoisotopic (exact) mass is 381 g/mol. The predicted molar refractivity (Wildman–Crippen MR) is 100 cm³/mol. The zero-order valence-electron chi connectivity index (χ0n) is 14.7. The summed E-state index contributed by atoms with van der Waals surface area (Å²) in [5.74, 6) is -0.333. The van der Waals surface area contributed by atoms with Crippen LogP contribution < -0.4 is 15.6 Å². The van der Waals surface area contributed by atoms with E-state index in [-0.39, 0.29) is 23.7 Å². The van der Waals surface area contributed by atoms with Crippen LogP contribution in [0.2, 0.25) is 0 Å². The number of anilines is 1. The number of ether oxygens (including phenoxy) is 1. The van der Waals surface area contributed by atoms with Crippen LogP contribution >= 0.6 is 0 Å². The van der Waals surface area contributed by atoms with Crippen molar-refractivity contribution < 1.29 is 14.5 Å². The van der Waals surface area contributed by atoms with Crippen molar-refractivity contribution in [2.24, 2.45) is 0 Å². The summed E-state index contributed by atoms with van der Waals surface area (Å²) in [5.41, 5.74) is 0.627. The van der Waals surface area contributed by atoms with Gasteiger partial charge in [0.05, 0.1) is 23.4 Å². The van der Waals surface area contributed by atoms with Gasteiger partial charge in [0.25, 0.3) is 11.2 Å². The van der Waals surface area contributed by atoms with Crippen LogP contribution in [0, 0.1) is 10.1 Å². The summed E-state index contributed by atoms with van der Waals surface area (Å²) < 4.78 is 6.10. The number of benzene rings is 1. The molecular formula is C18H15N5O5. The molecule has 10 nitrogen and oxygen atoms in total. The van der Waals surface area contributed by atoms with Gasteiger partial charge in [-0.05, 0) is 24.3 Å². The molecule has 1 N–H and O–H groups in total. The quantitative estimate of drug-likeness (QED) is 0.509.